The molecule has 0 aliphatic rings. The maximum atomic E-state index is 2.47. The van der Waals surface area contributed by atoms with Crippen molar-refractivity contribution < 1.29 is 0 Å². The Bertz CT molecular complexity index is 2680. The lowest BCUT2D eigenvalue weighted by Crippen LogP contribution is -1.94. The van der Waals surface area contributed by atoms with Crippen molar-refractivity contribution >= 4 is 81.7 Å². The van der Waals surface area contributed by atoms with Gasteiger partial charge in [-0.3, -0.25) is 0 Å². The molecule has 0 spiro atoms. The van der Waals surface area contributed by atoms with Crippen LogP contribution in [0.25, 0.3) is 93.1 Å². The van der Waals surface area contributed by atoms with Crippen molar-refractivity contribution in [2.45, 2.75) is 0 Å². The number of hydrogen-bond donors (Lipinski definition) is 0. The second-order valence-electron chi connectivity index (χ2n) is 12.2. The second-order valence-corrected chi connectivity index (χ2v) is 12.2. The summed E-state index contributed by atoms with van der Waals surface area (Å²) in [6.45, 7) is 0. The van der Waals surface area contributed by atoms with Crippen LogP contribution in [0.5, 0.6) is 0 Å². The van der Waals surface area contributed by atoms with Crippen molar-refractivity contribution in [3.05, 3.63) is 152 Å². The van der Waals surface area contributed by atoms with Gasteiger partial charge < -0.3 is 13.5 Å². The number of aromatic nitrogens is 3. The molecule has 208 valence electrons. The van der Waals surface area contributed by atoms with Crippen molar-refractivity contribution in [1.29, 1.82) is 0 Å². The lowest BCUT2D eigenvalue weighted by atomic mass is 10.1. The van der Waals surface area contributed by atoms with Crippen LogP contribution in [0.15, 0.2) is 152 Å². The fraction of sp³-hybridized carbons (Fsp3) is 0. The number of nitrogens with zero attached hydrogens (tertiary/aromatic N) is 3. The molecule has 0 radical (unpaired) electrons. The molecule has 0 fully saturated rings. The van der Waals surface area contributed by atoms with Crippen LogP contribution < -0.4 is 0 Å². The van der Waals surface area contributed by atoms with E-state index in [1.807, 2.05) is 0 Å². The van der Waals surface area contributed by atoms with Crippen LogP contribution in [-0.4, -0.2) is 13.5 Å². The van der Waals surface area contributed by atoms with Crippen molar-refractivity contribution in [3.63, 3.8) is 0 Å². The zero-order valence-electron chi connectivity index (χ0n) is 24.3. The molecule has 0 bridgehead atoms. The number of benzene rings is 7. The van der Waals surface area contributed by atoms with E-state index in [-0.39, 0.29) is 0 Å². The fourth-order valence-electron chi connectivity index (χ4n) is 8.14. The first kappa shape index (κ1) is 23.4. The van der Waals surface area contributed by atoms with Gasteiger partial charge in [-0.2, -0.15) is 0 Å². The zero-order chi connectivity index (χ0) is 29.2. The Morgan fingerprint density at radius 2 is 0.622 bits per heavy atom. The fourth-order valence-corrected chi connectivity index (χ4v) is 8.14. The zero-order valence-corrected chi connectivity index (χ0v) is 24.3. The number of hydrogen-bond acceptors (Lipinski definition) is 0. The molecule has 0 amide bonds. The van der Waals surface area contributed by atoms with E-state index in [9.17, 15) is 0 Å². The van der Waals surface area contributed by atoms with Crippen LogP contribution in [-0.2, 0) is 0 Å². The summed E-state index contributed by atoms with van der Waals surface area (Å²) in [5.74, 6) is 0. The minimum Gasteiger partial charge on any atom is -0.309 e. The van der Waals surface area contributed by atoms with Gasteiger partial charge in [0.1, 0.15) is 0 Å². The number of para-hydroxylation sites is 5. The maximum Gasteiger partial charge on any atom is 0.0620 e. The Morgan fingerprint density at radius 1 is 0.267 bits per heavy atom. The third kappa shape index (κ3) is 2.90. The summed E-state index contributed by atoms with van der Waals surface area (Å²) in [6, 6.07) is 55.7. The van der Waals surface area contributed by atoms with Gasteiger partial charge in [0.25, 0.3) is 0 Å². The molecule has 45 heavy (non-hydrogen) atoms. The number of rotatable bonds is 2. The molecule has 11 rings (SSSR count). The predicted octanol–water partition coefficient (Wildman–Crippen LogP) is 11.0. The van der Waals surface area contributed by atoms with Gasteiger partial charge in [-0.15, -0.1) is 0 Å². The van der Waals surface area contributed by atoms with E-state index in [0.717, 1.165) is 0 Å². The van der Waals surface area contributed by atoms with Gasteiger partial charge in [-0.05, 0) is 60.7 Å². The first-order valence-corrected chi connectivity index (χ1v) is 15.5. The molecule has 3 nitrogen and oxygen atoms in total. The molecule has 4 aromatic heterocycles. The van der Waals surface area contributed by atoms with Crippen LogP contribution in [0.1, 0.15) is 0 Å². The van der Waals surface area contributed by atoms with Crippen LogP contribution >= 0.6 is 0 Å². The van der Waals surface area contributed by atoms with Gasteiger partial charge in [0.05, 0.1) is 38.6 Å². The lowest BCUT2D eigenvalue weighted by molar-refractivity contribution is 1.18. The van der Waals surface area contributed by atoms with Crippen molar-refractivity contribution in [2.75, 3.05) is 0 Å². The molecule has 0 aliphatic heterocycles. The Hall–Kier alpha value is -6.06. The van der Waals surface area contributed by atoms with Crippen molar-refractivity contribution in [1.82, 2.24) is 13.5 Å². The largest absolute Gasteiger partial charge is 0.309 e. The Morgan fingerprint density at radius 3 is 1.02 bits per heavy atom. The topological polar surface area (TPSA) is 14.3 Å². The van der Waals surface area contributed by atoms with Gasteiger partial charge >= 0.3 is 0 Å². The van der Waals surface area contributed by atoms with Gasteiger partial charge in [-0.1, -0.05) is 91.0 Å². The van der Waals surface area contributed by atoms with Gasteiger partial charge in [0.15, 0.2) is 0 Å². The van der Waals surface area contributed by atoms with Crippen LogP contribution in [0.2, 0.25) is 0 Å². The Labute approximate surface area is 257 Å². The highest BCUT2D eigenvalue weighted by atomic mass is 15.0. The Kier molecular flexibility index (Phi) is 4.32. The monoisotopic (exact) mass is 571 g/mol. The van der Waals surface area contributed by atoms with E-state index < -0.39 is 0 Å². The molecular formula is C42H25N3. The molecule has 0 aliphatic carbocycles. The second kappa shape index (κ2) is 8.31. The molecule has 7 aromatic carbocycles. The number of fused-ring (bicyclic) bond motifs is 12. The molecule has 4 heterocycles. The van der Waals surface area contributed by atoms with Gasteiger partial charge in [0.2, 0.25) is 0 Å². The third-order valence-electron chi connectivity index (χ3n) is 9.96. The molecule has 0 unspecified atom stereocenters. The average molecular weight is 572 g/mol. The maximum absolute atomic E-state index is 2.47. The van der Waals surface area contributed by atoms with Crippen LogP contribution in [0.4, 0.5) is 0 Å². The van der Waals surface area contributed by atoms with Crippen molar-refractivity contribution in [3.8, 4) is 11.4 Å². The molecule has 0 saturated heterocycles. The minimum absolute atomic E-state index is 1.19. The van der Waals surface area contributed by atoms with Crippen LogP contribution in [0.3, 0.4) is 0 Å². The Balaban J connectivity index is 1.19. The van der Waals surface area contributed by atoms with Crippen molar-refractivity contribution in [2.24, 2.45) is 0 Å². The summed E-state index contributed by atoms with van der Waals surface area (Å²) in [7, 11) is 0. The standard InChI is InChI=1S/C42H25N3/c1-5-16-36-28(10-1)29-11-2-6-17-37(29)43(36)26-20-22-40-34(24-26)32-14-9-15-33-35-25-27(21-23-41(35)45(40)42(32)33)44-38-18-7-3-12-30(38)31-13-4-8-19-39(31)44/h1-25H. The van der Waals surface area contributed by atoms with E-state index in [1.54, 1.807) is 0 Å². The van der Waals surface area contributed by atoms with E-state index >= 15 is 0 Å². The SMILES string of the molecule is c1ccc2c(c1)c1ccccc1n2-c1ccc2c(c1)c1cccc3c4cc(-n5c6ccccc6c6ccccc65)ccc4n2c13. The summed E-state index contributed by atoms with van der Waals surface area (Å²) < 4.78 is 7.30. The molecule has 0 N–H and O–H groups in total. The summed E-state index contributed by atoms with van der Waals surface area (Å²) >= 11 is 0. The third-order valence-corrected chi connectivity index (χ3v) is 9.96. The summed E-state index contributed by atoms with van der Waals surface area (Å²) in [6.07, 6.45) is 0. The summed E-state index contributed by atoms with van der Waals surface area (Å²) in [4.78, 5) is 0. The summed E-state index contributed by atoms with van der Waals surface area (Å²) in [5.41, 5.74) is 11.1. The van der Waals surface area contributed by atoms with Gasteiger partial charge in [0, 0.05) is 54.5 Å². The van der Waals surface area contributed by atoms with E-state index in [1.165, 1.54) is 93.1 Å². The molecular weight excluding hydrogens is 546 g/mol. The predicted molar refractivity (Wildman–Crippen MR) is 190 cm³/mol. The highest BCUT2D eigenvalue weighted by Gasteiger charge is 2.20. The molecule has 0 saturated carbocycles. The smallest absolute Gasteiger partial charge is 0.0620 e. The van der Waals surface area contributed by atoms with E-state index in [2.05, 4.69) is 165 Å². The highest BCUT2D eigenvalue weighted by Crippen LogP contribution is 2.42. The molecule has 0 atom stereocenters. The van der Waals surface area contributed by atoms with Crippen LogP contribution in [0, 0.1) is 0 Å². The molecule has 3 heteroatoms. The first-order valence-electron chi connectivity index (χ1n) is 15.5. The first-order chi connectivity index (χ1) is 22.3. The van der Waals surface area contributed by atoms with E-state index in [4.69, 9.17) is 0 Å². The summed E-state index contributed by atoms with van der Waals surface area (Å²) in [5, 5.41) is 10.3. The quantitative estimate of drug-likeness (QED) is 0.196. The van der Waals surface area contributed by atoms with E-state index in [0.29, 0.717) is 0 Å². The normalized spacial score (nSPS) is 12.4. The molecule has 11 aromatic rings. The average Bonchev–Trinajstić information content (AvgIpc) is 3.82. The minimum atomic E-state index is 1.19. The highest BCUT2D eigenvalue weighted by molar-refractivity contribution is 6.24. The lowest BCUT2D eigenvalue weighted by Gasteiger charge is -2.10. The van der Waals surface area contributed by atoms with Gasteiger partial charge in [-0.25, -0.2) is 0 Å².